The van der Waals surface area contributed by atoms with Crippen molar-refractivity contribution in [1.29, 1.82) is 0 Å². The number of hydrogen-bond donors (Lipinski definition) is 1. The lowest BCUT2D eigenvalue weighted by atomic mass is 10.2. The standard InChI is InChI=1S/C11H15F2NO2S/c12-11(13)8-4-5-9-14-17(15,16)10-6-2-1-3-7-10/h1-3,6-7,11,14H,4-5,8-9H2. The van der Waals surface area contributed by atoms with Crippen LogP contribution in [0, 0.1) is 0 Å². The van der Waals surface area contributed by atoms with E-state index in [0.717, 1.165) is 0 Å². The Labute approximate surface area is 99.9 Å². The van der Waals surface area contributed by atoms with E-state index in [1.54, 1.807) is 18.2 Å². The zero-order valence-corrected chi connectivity index (χ0v) is 10.1. The number of hydrogen-bond acceptors (Lipinski definition) is 2. The summed E-state index contributed by atoms with van der Waals surface area (Å²) in [6.07, 6.45) is -1.78. The number of halogens is 2. The molecule has 1 aromatic rings. The summed E-state index contributed by atoms with van der Waals surface area (Å²) in [6, 6.07) is 7.96. The number of rotatable bonds is 7. The van der Waals surface area contributed by atoms with Gasteiger partial charge in [-0.15, -0.1) is 0 Å². The normalized spacial score (nSPS) is 11.9. The minimum absolute atomic E-state index is 0.184. The lowest BCUT2D eigenvalue weighted by Crippen LogP contribution is -2.24. The molecule has 17 heavy (non-hydrogen) atoms. The van der Waals surface area contributed by atoms with Gasteiger partial charge in [0.15, 0.2) is 0 Å². The molecule has 0 heterocycles. The van der Waals surface area contributed by atoms with E-state index in [-0.39, 0.29) is 17.9 Å². The third-order valence-corrected chi connectivity index (χ3v) is 3.67. The summed E-state index contributed by atoms with van der Waals surface area (Å²) in [7, 11) is -3.50. The maximum atomic E-state index is 11.8. The number of unbranched alkanes of at least 4 members (excludes halogenated alkanes) is 1. The molecule has 0 saturated heterocycles. The van der Waals surface area contributed by atoms with Crippen LogP contribution in [0.3, 0.4) is 0 Å². The zero-order chi connectivity index (χ0) is 12.7. The largest absolute Gasteiger partial charge is 0.240 e. The van der Waals surface area contributed by atoms with Crippen LogP contribution in [0.1, 0.15) is 19.3 Å². The molecule has 0 aliphatic rings. The van der Waals surface area contributed by atoms with Crippen molar-refractivity contribution in [3.63, 3.8) is 0 Å². The van der Waals surface area contributed by atoms with Gasteiger partial charge in [0, 0.05) is 13.0 Å². The summed E-state index contributed by atoms with van der Waals surface area (Å²) in [6.45, 7) is 0.184. The third kappa shape index (κ3) is 5.23. The molecule has 0 fully saturated rings. The van der Waals surface area contributed by atoms with E-state index in [2.05, 4.69) is 4.72 Å². The summed E-state index contributed by atoms with van der Waals surface area (Å²) >= 11 is 0. The average Bonchev–Trinajstić information content (AvgIpc) is 2.29. The molecule has 1 aromatic carbocycles. The van der Waals surface area contributed by atoms with Crippen LogP contribution < -0.4 is 4.72 Å². The van der Waals surface area contributed by atoms with Gasteiger partial charge < -0.3 is 0 Å². The molecular formula is C11H15F2NO2S. The number of sulfonamides is 1. The number of nitrogens with one attached hydrogen (secondary N) is 1. The SMILES string of the molecule is O=S(=O)(NCCCCC(F)F)c1ccccc1. The van der Waals surface area contributed by atoms with Crippen molar-refractivity contribution in [1.82, 2.24) is 4.72 Å². The van der Waals surface area contributed by atoms with E-state index in [0.29, 0.717) is 12.8 Å². The fraction of sp³-hybridized carbons (Fsp3) is 0.455. The fourth-order valence-electron chi connectivity index (χ4n) is 1.31. The summed E-state index contributed by atoms with van der Waals surface area (Å²) in [5, 5.41) is 0. The van der Waals surface area contributed by atoms with Crippen LogP contribution in [-0.4, -0.2) is 21.4 Å². The quantitative estimate of drug-likeness (QED) is 0.768. The van der Waals surface area contributed by atoms with Crippen molar-refractivity contribution >= 4 is 10.0 Å². The molecule has 6 heteroatoms. The molecule has 96 valence electrons. The highest BCUT2D eigenvalue weighted by Crippen LogP contribution is 2.08. The van der Waals surface area contributed by atoms with Crippen LogP contribution in [0.4, 0.5) is 8.78 Å². The molecule has 0 aliphatic heterocycles. The Kier molecular flexibility index (Phi) is 5.50. The van der Waals surface area contributed by atoms with E-state index in [4.69, 9.17) is 0 Å². The molecule has 0 saturated carbocycles. The average molecular weight is 263 g/mol. The van der Waals surface area contributed by atoms with Gasteiger partial charge in [-0.25, -0.2) is 21.9 Å². The maximum absolute atomic E-state index is 11.8. The van der Waals surface area contributed by atoms with E-state index < -0.39 is 16.4 Å². The first kappa shape index (κ1) is 14.1. The van der Waals surface area contributed by atoms with Crippen molar-refractivity contribution < 1.29 is 17.2 Å². The summed E-state index contributed by atoms with van der Waals surface area (Å²) in [5.41, 5.74) is 0. The van der Waals surface area contributed by atoms with Crippen molar-refractivity contribution in [3.8, 4) is 0 Å². The Hall–Kier alpha value is -1.01. The van der Waals surface area contributed by atoms with Crippen molar-refractivity contribution in [2.75, 3.05) is 6.54 Å². The summed E-state index contributed by atoms with van der Waals surface area (Å²) in [4.78, 5) is 0.189. The molecule has 0 amide bonds. The van der Waals surface area contributed by atoms with Gasteiger partial charge >= 0.3 is 0 Å². The van der Waals surface area contributed by atoms with Gasteiger partial charge in [0.2, 0.25) is 16.4 Å². The first-order valence-electron chi connectivity index (χ1n) is 5.35. The lowest BCUT2D eigenvalue weighted by molar-refractivity contribution is 0.134. The van der Waals surface area contributed by atoms with Crippen LogP contribution >= 0.6 is 0 Å². The topological polar surface area (TPSA) is 46.2 Å². The van der Waals surface area contributed by atoms with Gasteiger partial charge in [-0.05, 0) is 25.0 Å². The number of benzene rings is 1. The minimum Gasteiger partial charge on any atom is -0.211 e. The Bertz CT molecular complexity index is 420. The molecule has 0 bridgehead atoms. The second-order valence-electron chi connectivity index (χ2n) is 3.60. The summed E-state index contributed by atoms with van der Waals surface area (Å²) < 4.78 is 49.4. The molecular weight excluding hydrogens is 248 g/mol. The molecule has 1 N–H and O–H groups in total. The summed E-state index contributed by atoms with van der Waals surface area (Å²) in [5.74, 6) is 0. The Morgan fingerprint density at radius 2 is 1.76 bits per heavy atom. The van der Waals surface area contributed by atoms with Gasteiger partial charge in [-0.3, -0.25) is 0 Å². The molecule has 0 spiro atoms. The smallest absolute Gasteiger partial charge is 0.211 e. The molecule has 0 unspecified atom stereocenters. The molecule has 0 aliphatic carbocycles. The second kappa shape index (κ2) is 6.66. The Balaban J connectivity index is 2.36. The predicted molar refractivity (Wildman–Crippen MR) is 61.5 cm³/mol. The van der Waals surface area contributed by atoms with E-state index in [1.807, 2.05) is 0 Å². The fourth-order valence-corrected chi connectivity index (χ4v) is 2.41. The first-order valence-corrected chi connectivity index (χ1v) is 6.83. The predicted octanol–water partition coefficient (Wildman–Crippen LogP) is 2.40. The highest BCUT2D eigenvalue weighted by atomic mass is 32.2. The van der Waals surface area contributed by atoms with Gasteiger partial charge in [-0.1, -0.05) is 18.2 Å². The van der Waals surface area contributed by atoms with Crippen LogP contribution in [-0.2, 0) is 10.0 Å². The van der Waals surface area contributed by atoms with Crippen LogP contribution in [0.5, 0.6) is 0 Å². The minimum atomic E-state index is -3.50. The molecule has 3 nitrogen and oxygen atoms in total. The van der Waals surface area contributed by atoms with Gasteiger partial charge in [-0.2, -0.15) is 0 Å². The third-order valence-electron chi connectivity index (χ3n) is 2.19. The lowest BCUT2D eigenvalue weighted by Gasteiger charge is -2.06. The highest BCUT2D eigenvalue weighted by Gasteiger charge is 2.12. The Morgan fingerprint density at radius 1 is 1.12 bits per heavy atom. The molecule has 0 aromatic heterocycles. The number of alkyl halides is 2. The van der Waals surface area contributed by atoms with E-state index in [9.17, 15) is 17.2 Å². The van der Waals surface area contributed by atoms with Crippen LogP contribution in [0.15, 0.2) is 35.2 Å². The van der Waals surface area contributed by atoms with Crippen molar-refractivity contribution in [3.05, 3.63) is 30.3 Å². The van der Waals surface area contributed by atoms with Gasteiger partial charge in [0.25, 0.3) is 0 Å². The van der Waals surface area contributed by atoms with Gasteiger partial charge in [0.1, 0.15) is 0 Å². The van der Waals surface area contributed by atoms with E-state index >= 15 is 0 Å². The van der Waals surface area contributed by atoms with E-state index in [1.165, 1.54) is 12.1 Å². The maximum Gasteiger partial charge on any atom is 0.240 e. The zero-order valence-electron chi connectivity index (χ0n) is 9.27. The molecule has 0 atom stereocenters. The first-order chi connectivity index (χ1) is 8.02. The molecule has 1 rings (SSSR count). The van der Waals surface area contributed by atoms with Crippen molar-refractivity contribution in [2.24, 2.45) is 0 Å². The molecule has 0 radical (unpaired) electrons. The van der Waals surface area contributed by atoms with Gasteiger partial charge in [0.05, 0.1) is 4.90 Å². The van der Waals surface area contributed by atoms with Crippen molar-refractivity contribution in [2.45, 2.75) is 30.6 Å². The highest BCUT2D eigenvalue weighted by molar-refractivity contribution is 7.89. The van der Waals surface area contributed by atoms with Crippen LogP contribution in [0.25, 0.3) is 0 Å². The Morgan fingerprint density at radius 3 is 2.35 bits per heavy atom. The van der Waals surface area contributed by atoms with Crippen LogP contribution in [0.2, 0.25) is 0 Å². The second-order valence-corrected chi connectivity index (χ2v) is 5.36. The monoisotopic (exact) mass is 263 g/mol.